The molecule has 0 aromatic heterocycles. The lowest BCUT2D eigenvalue weighted by Gasteiger charge is -2.26. The summed E-state index contributed by atoms with van der Waals surface area (Å²) in [5.41, 5.74) is 1.37. The fourth-order valence-electron chi connectivity index (χ4n) is 4.00. The monoisotopic (exact) mass is 585 g/mol. The number of amides is 1. The Balaban J connectivity index is 1.89. The van der Waals surface area contributed by atoms with Crippen LogP contribution in [0.5, 0.6) is 5.75 Å². The van der Waals surface area contributed by atoms with E-state index >= 15 is 0 Å². The minimum atomic E-state index is -1.11. The van der Waals surface area contributed by atoms with Crippen molar-refractivity contribution in [3.63, 3.8) is 0 Å². The summed E-state index contributed by atoms with van der Waals surface area (Å²) < 4.78 is 5.74. The molecule has 0 bridgehead atoms. The van der Waals surface area contributed by atoms with Gasteiger partial charge in [0, 0.05) is 17.4 Å². The summed E-state index contributed by atoms with van der Waals surface area (Å²) in [6, 6.07) is 18.1. The molecule has 2 aromatic rings. The van der Waals surface area contributed by atoms with Crippen LogP contribution in [0, 0.1) is 5.41 Å². The first-order valence-corrected chi connectivity index (χ1v) is 15.1. The summed E-state index contributed by atoms with van der Waals surface area (Å²) in [5, 5.41) is 30.7. The predicted octanol–water partition coefficient (Wildman–Crippen LogP) is 5.44. The summed E-state index contributed by atoms with van der Waals surface area (Å²) in [6.07, 6.45) is 7.80. The molecule has 0 saturated heterocycles. The summed E-state index contributed by atoms with van der Waals surface area (Å²) in [5.74, 6) is -1.16. The second-order valence-electron chi connectivity index (χ2n) is 10.7. The van der Waals surface area contributed by atoms with Gasteiger partial charge in [-0.3, -0.25) is 14.4 Å². The molecule has 0 aliphatic heterocycles. The van der Waals surface area contributed by atoms with Crippen molar-refractivity contribution in [3.8, 4) is 5.75 Å². The number of aliphatic carboxylic acids is 2. The molecule has 0 unspecified atom stereocenters. The standard InChI is InChI=1S/C32H43NO7S/c1-32(2,31(39)33-22-30(37)38)23-41-28(27(34)13-9-14-29(35)36)20-19-25-17-15-24(16-18-25)10-5-4-8-21-40-26-11-6-3-7-12-26/h3,6-7,11-12,15-20,27-28,34H,4-5,8-10,13-14,21-23H2,1-2H3,(H,33,39)(H,35,36)(H,37,38)/t27-,28+/m0/s1. The van der Waals surface area contributed by atoms with Crippen LogP contribution in [0.25, 0.3) is 6.08 Å². The van der Waals surface area contributed by atoms with Crippen LogP contribution >= 0.6 is 11.8 Å². The van der Waals surface area contributed by atoms with Gasteiger partial charge in [0.15, 0.2) is 0 Å². The number of carboxylic acid groups (broad SMARTS) is 2. The predicted molar refractivity (Wildman–Crippen MR) is 163 cm³/mol. The van der Waals surface area contributed by atoms with Crippen molar-refractivity contribution in [2.75, 3.05) is 18.9 Å². The Morgan fingerprint density at radius 2 is 1.66 bits per heavy atom. The number of unbranched alkanes of at least 4 members (excludes halogenated alkanes) is 2. The van der Waals surface area contributed by atoms with Gasteiger partial charge in [-0.05, 0) is 61.8 Å². The molecular weight excluding hydrogens is 542 g/mol. The minimum Gasteiger partial charge on any atom is -0.494 e. The van der Waals surface area contributed by atoms with Crippen LogP contribution in [0.4, 0.5) is 0 Å². The number of rotatable bonds is 20. The fraction of sp³-hybridized carbons (Fsp3) is 0.469. The molecule has 41 heavy (non-hydrogen) atoms. The second kappa shape index (κ2) is 18.2. The zero-order valence-corrected chi connectivity index (χ0v) is 24.8. The van der Waals surface area contributed by atoms with Gasteiger partial charge in [-0.15, -0.1) is 0 Å². The number of nitrogens with one attached hydrogen (secondary N) is 1. The summed E-state index contributed by atoms with van der Waals surface area (Å²) in [7, 11) is 0. The second-order valence-corrected chi connectivity index (χ2v) is 11.8. The number of carbonyl (C=O) groups is 3. The lowest BCUT2D eigenvalue weighted by atomic mass is 9.95. The van der Waals surface area contributed by atoms with Crippen LogP contribution in [0.2, 0.25) is 0 Å². The van der Waals surface area contributed by atoms with E-state index < -0.39 is 30.0 Å². The van der Waals surface area contributed by atoms with Crippen LogP contribution < -0.4 is 10.1 Å². The van der Waals surface area contributed by atoms with Crippen molar-refractivity contribution < 1.29 is 34.4 Å². The van der Waals surface area contributed by atoms with Gasteiger partial charge in [-0.25, -0.2) is 0 Å². The van der Waals surface area contributed by atoms with E-state index in [1.165, 1.54) is 17.3 Å². The van der Waals surface area contributed by atoms with Crippen molar-refractivity contribution in [1.82, 2.24) is 5.32 Å². The third kappa shape index (κ3) is 14.2. The van der Waals surface area contributed by atoms with Gasteiger partial charge in [-0.1, -0.05) is 68.5 Å². The number of carboxylic acids is 2. The van der Waals surface area contributed by atoms with Gasteiger partial charge >= 0.3 is 11.9 Å². The highest BCUT2D eigenvalue weighted by molar-refractivity contribution is 8.00. The van der Waals surface area contributed by atoms with E-state index in [2.05, 4.69) is 17.4 Å². The molecule has 2 rings (SSSR count). The van der Waals surface area contributed by atoms with Gasteiger partial charge in [0.1, 0.15) is 12.3 Å². The maximum Gasteiger partial charge on any atom is 0.322 e. The maximum absolute atomic E-state index is 12.5. The number of aliphatic hydroxyl groups excluding tert-OH is 1. The molecule has 0 saturated carbocycles. The summed E-state index contributed by atoms with van der Waals surface area (Å²) in [4.78, 5) is 34.2. The van der Waals surface area contributed by atoms with Crippen LogP contribution in [-0.2, 0) is 20.8 Å². The normalized spacial score (nSPS) is 13.0. The summed E-state index contributed by atoms with van der Waals surface area (Å²) >= 11 is 1.39. The molecule has 2 atom stereocenters. The minimum absolute atomic E-state index is 0.0250. The molecule has 2 aromatic carbocycles. The Morgan fingerprint density at radius 3 is 2.32 bits per heavy atom. The molecule has 224 valence electrons. The molecule has 0 radical (unpaired) electrons. The molecule has 0 heterocycles. The highest BCUT2D eigenvalue weighted by Gasteiger charge is 2.30. The van der Waals surface area contributed by atoms with Gasteiger partial charge < -0.3 is 25.4 Å². The molecule has 0 aliphatic carbocycles. The van der Waals surface area contributed by atoms with E-state index in [1.807, 2.05) is 54.6 Å². The first-order valence-electron chi connectivity index (χ1n) is 14.0. The highest BCUT2D eigenvalue weighted by Crippen LogP contribution is 2.29. The third-order valence-corrected chi connectivity index (χ3v) is 8.25. The van der Waals surface area contributed by atoms with E-state index in [1.54, 1.807) is 13.8 Å². The van der Waals surface area contributed by atoms with Crippen molar-refractivity contribution in [1.29, 1.82) is 0 Å². The fourth-order valence-corrected chi connectivity index (χ4v) is 5.29. The topological polar surface area (TPSA) is 133 Å². The Kier molecular flexibility index (Phi) is 15.0. The van der Waals surface area contributed by atoms with Gasteiger partial charge in [-0.2, -0.15) is 11.8 Å². The molecule has 0 spiro atoms. The van der Waals surface area contributed by atoms with Gasteiger partial charge in [0.25, 0.3) is 0 Å². The Hall–Kier alpha value is -3.30. The number of carbonyl (C=O) groups excluding carboxylic acids is 1. The lowest BCUT2D eigenvalue weighted by Crippen LogP contribution is -2.41. The highest BCUT2D eigenvalue weighted by atomic mass is 32.2. The van der Waals surface area contributed by atoms with E-state index in [9.17, 15) is 19.5 Å². The molecular formula is C32H43NO7S. The zero-order chi connectivity index (χ0) is 30.1. The number of benzene rings is 2. The number of aliphatic hydroxyl groups is 1. The van der Waals surface area contributed by atoms with E-state index in [4.69, 9.17) is 14.9 Å². The number of ether oxygens (including phenoxy) is 1. The number of aryl methyl sites for hydroxylation is 1. The van der Waals surface area contributed by atoms with Crippen LogP contribution in [0.1, 0.15) is 63.5 Å². The largest absolute Gasteiger partial charge is 0.494 e. The zero-order valence-electron chi connectivity index (χ0n) is 24.0. The van der Waals surface area contributed by atoms with Crippen LogP contribution in [0.3, 0.4) is 0 Å². The van der Waals surface area contributed by atoms with Crippen LogP contribution in [0.15, 0.2) is 60.7 Å². The van der Waals surface area contributed by atoms with E-state index in [-0.39, 0.29) is 17.6 Å². The van der Waals surface area contributed by atoms with Gasteiger partial charge in [0.2, 0.25) is 5.91 Å². The van der Waals surface area contributed by atoms with Crippen molar-refractivity contribution in [2.45, 2.75) is 70.1 Å². The molecule has 4 N–H and O–H groups in total. The Bertz CT molecular complexity index is 1100. The van der Waals surface area contributed by atoms with E-state index in [0.29, 0.717) is 25.2 Å². The van der Waals surface area contributed by atoms with Gasteiger partial charge in [0.05, 0.1) is 18.1 Å². The first kappa shape index (κ1) is 33.9. The molecule has 8 nitrogen and oxygen atoms in total. The number of para-hydroxylation sites is 1. The Labute approximate surface area is 247 Å². The lowest BCUT2D eigenvalue weighted by molar-refractivity contribution is -0.139. The maximum atomic E-state index is 12.5. The molecule has 9 heteroatoms. The molecule has 0 fully saturated rings. The van der Waals surface area contributed by atoms with Crippen molar-refractivity contribution in [2.24, 2.45) is 5.41 Å². The average molecular weight is 586 g/mol. The average Bonchev–Trinajstić information content (AvgIpc) is 2.94. The smallest absolute Gasteiger partial charge is 0.322 e. The molecule has 0 aliphatic rings. The first-order chi connectivity index (χ1) is 19.6. The Morgan fingerprint density at radius 1 is 0.951 bits per heavy atom. The number of hydrogen-bond donors (Lipinski definition) is 4. The van der Waals surface area contributed by atoms with Crippen molar-refractivity contribution >= 4 is 35.7 Å². The van der Waals surface area contributed by atoms with Crippen molar-refractivity contribution in [3.05, 3.63) is 71.8 Å². The van der Waals surface area contributed by atoms with E-state index in [0.717, 1.165) is 37.0 Å². The number of hydrogen-bond acceptors (Lipinski definition) is 6. The molecule has 1 amide bonds. The number of thioether (sulfide) groups is 1. The van der Waals surface area contributed by atoms with Crippen LogP contribution in [-0.4, -0.2) is 63.4 Å². The summed E-state index contributed by atoms with van der Waals surface area (Å²) in [6.45, 7) is 3.71. The quantitative estimate of drug-likeness (QED) is 0.151. The third-order valence-electron chi connectivity index (χ3n) is 6.50. The SMILES string of the molecule is CC(C)(CS[C@H](C=Cc1ccc(CCCCCOc2ccccc2)cc1)[C@@H](O)CCCC(=O)O)C(=O)NCC(=O)O.